The van der Waals surface area contributed by atoms with Crippen LogP contribution in [0.4, 0.5) is 0 Å². The van der Waals surface area contributed by atoms with E-state index in [1.165, 1.54) is 0 Å². The third-order valence-corrected chi connectivity index (χ3v) is 3.23. The highest BCUT2D eigenvalue weighted by atomic mass is 16.3. The summed E-state index contributed by atoms with van der Waals surface area (Å²) in [5.74, 6) is 0. The fourth-order valence-electron chi connectivity index (χ4n) is 2.28. The van der Waals surface area contributed by atoms with Gasteiger partial charge in [0, 0.05) is 29.3 Å². The van der Waals surface area contributed by atoms with Gasteiger partial charge in [0.05, 0.1) is 11.8 Å². The SMILES string of the molecule is NC1Cc2nc(-c3ccccc3)ccc2C1O. The summed E-state index contributed by atoms with van der Waals surface area (Å²) in [6.07, 6.45) is 0.0827. The molecule has 1 aromatic carbocycles. The van der Waals surface area contributed by atoms with Gasteiger partial charge >= 0.3 is 0 Å². The van der Waals surface area contributed by atoms with E-state index < -0.39 is 6.10 Å². The average Bonchev–Trinajstić information content (AvgIpc) is 2.66. The lowest BCUT2D eigenvalue weighted by Crippen LogP contribution is -2.24. The molecule has 0 amide bonds. The molecular weight excluding hydrogens is 212 g/mol. The fraction of sp³-hybridized carbons (Fsp3) is 0.214. The van der Waals surface area contributed by atoms with Crippen molar-refractivity contribution in [3.63, 3.8) is 0 Å². The Morgan fingerprint density at radius 1 is 1.12 bits per heavy atom. The van der Waals surface area contributed by atoms with Gasteiger partial charge in [0.25, 0.3) is 0 Å². The molecule has 3 rings (SSSR count). The smallest absolute Gasteiger partial charge is 0.0962 e. The standard InChI is InChI=1S/C14H14N2O/c15-11-8-13-10(14(11)17)6-7-12(16-13)9-4-2-1-3-5-9/h1-7,11,14,17H,8,15H2. The van der Waals surface area contributed by atoms with Crippen LogP contribution >= 0.6 is 0 Å². The Kier molecular flexibility index (Phi) is 2.42. The number of hydrogen-bond acceptors (Lipinski definition) is 3. The van der Waals surface area contributed by atoms with Crippen LogP contribution in [-0.2, 0) is 6.42 Å². The highest BCUT2D eigenvalue weighted by molar-refractivity contribution is 5.60. The number of benzene rings is 1. The maximum atomic E-state index is 9.85. The monoisotopic (exact) mass is 226 g/mol. The highest BCUT2D eigenvalue weighted by Gasteiger charge is 2.29. The number of nitrogens with two attached hydrogens (primary N) is 1. The van der Waals surface area contributed by atoms with Gasteiger partial charge < -0.3 is 10.8 Å². The van der Waals surface area contributed by atoms with Gasteiger partial charge in [-0.3, -0.25) is 4.98 Å². The van der Waals surface area contributed by atoms with Crippen LogP contribution in [0.3, 0.4) is 0 Å². The summed E-state index contributed by atoms with van der Waals surface area (Å²) in [4.78, 5) is 4.58. The second kappa shape index (κ2) is 3.95. The lowest BCUT2D eigenvalue weighted by Gasteiger charge is -2.08. The highest BCUT2D eigenvalue weighted by Crippen LogP contribution is 2.30. The van der Waals surface area contributed by atoms with E-state index in [4.69, 9.17) is 5.73 Å². The zero-order valence-corrected chi connectivity index (χ0v) is 9.38. The largest absolute Gasteiger partial charge is 0.387 e. The molecule has 0 bridgehead atoms. The van der Waals surface area contributed by atoms with E-state index in [0.717, 1.165) is 22.5 Å². The molecule has 2 aromatic rings. The van der Waals surface area contributed by atoms with E-state index >= 15 is 0 Å². The molecule has 17 heavy (non-hydrogen) atoms. The van der Waals surface area contributed by atoms with Crippen LogP contribution in [-0.4, -0.2) is 16.1 Å². The summed E-state index contributed by atoms with van der Waals surface area (Å²) < 4.78 is 0. The maximum Gasteiger partial charge on any atom is 0.0962 e. The van der Waals surface area contributed by atoms with Crippen molar-refractivity contribution in [2.45, 2.75) is 18.6 Å². The second-order valence-electron chi connectivity index (χ2n) is 4.41. The van der Waals surface area contributed by atoms with Crippen LogP contribution in [0.5, 0.6) is 0 Å². The Morgan fingerprint density at radius 2 is 1.88 bits per heavy atom. The number of rotatable bonds is 1. The molecule has 1 aromatic heterocycles. The molecule has 0 spiro atoms. The number of hydrogen-bond donors (Lipinski definition) is 2. The van der Waals surface area contributed by atoms with Crippen LogP contribution in [0.1, 0.15) is 17.4 Å². The first kappa shape index (κ1) is 10.4. The summed E-state index contributed by atoms with van der Waals surface area (Å²) >= 11 is 0. The Labute approximate surface area is 99.9 Å². The van der Waals surface area contributed by atoms with E-state index in [1.54, 1.807) is 0 Å². The van der Waals surface area contributed by atoms with Crippen molar-refractivity contribution in [2.24, 2.45) is 5.73 Å². The first-order valence-electron chi connectivity index (χ1n) is 5.74. The lowest BCUT2D eigenvalue weighted by molar-refractivity contribution is 0.159. The fourth-order valence-corrected chi connectivity index (χ4v) is 2.28. The van der Waals surface area contributed by atoms with Crippen molar-refractivity contribution in [3.8, 4) is 11.3 Å². The number of pyridine rings is 1. The molecule has 2 atom stereocenters. The van der Waals surface area contributed by atoms with Crippen molar-refractivity contribution < 1.29 is 5.11 Å². The molecule has 3 N–H and O–H groups in total. The third-order valence-electron chi connectivity index (χ3n) is 3.23. The number of aliphatic hydroxyl groups excluding tert-OH is 1. The normalized spacial score (nSPS) is 22.5. The topological polar surface area (TPSA) is 59.1 Å². The van der Waals surface area contributed by atoms with Gasteiger partial charge in [-0.2, -0.15) is 0 Å². The molecule has 0 saturated heterocycles. The van der Waals surface area contributed by atoms with Crippen molar-refractivity contribution >= 4 is 0 Å². The van der Waals surface area contributed by atoms with Crippen molar-refractivity contribution in [1.82, 2.24) is 4.98 Å². The first-order valence-corrected chi connectivity index (χ1v) is 5.74. The van der Waals surface area contributed by atoms with Gasteiger partial charge in [0.1, 0.15) is 0 Å². The summed E-state index contributed by atoms with van der Waals surface area (Å²) in [5, 5.41) is 9.85. The summed E-state index contributed by atoms with van der Waals surface area (Å²) in [7, 11) is 0. The Balaban J connectivity index is 2.04. The molecule has 0 aliphatic heterocycles. The number of fused-ring (bicyclic) bond motifs is 1. The van der Waals surface area contributed by atoms with Crippen LogP contribution in [0, 0.1) is 0 Å². The molecule has 1 heterocycles. The zero-order chi connectivity index (χ0) is 11.8. The number of nitrogens with zero attached hydrogens (tertiary/aromatic N) is 1. The van der Waals surface area contributed by atoms with Crippen LogP contribution < -0.4 is 5.73 Å². The van der Waals surface area contributed by atoms with Crippen molar-refractivity contribution in [2.75, 3.05) is 0 Å². The average molecular weight is 226 g/mol. The minimum Gasteiger partial charge on any atom is -0.387 e. The molecule has 2 unspecified atom stereocenters. The van der Waals surface area contributed by atoms with E-state index in [0.29, 0.717) is 6.42 Å². The molecule has 0 fully saturated rings. The van der Waals surface area contributed by atoms with E-state index in [-0.39, 0.29) is 6.04 Å². The number of aliphatic hydroxyl groups is 1. The van der Waals surface area contributed by atoms with Gasteiger partial charge in [0.15, 0.2) is 0 Å². The van der Waals surface area contributed by atoms with E-state index in [1.807, 2.05) is 42.5 Å². The third kappa shape index (κ3) is 1.73. The lowest BCUT2D eigenvalue weighted by atomic mass is 10.1. The molecular formula is C14H14N2O. The molecule has 3 heteroatoms. The molecule has 86 valence electrons. The van der Waals surface area contributed by atoms with Gasteiger partial charge in [-0.1, -0.05) is 36.4 Å². The molecule has 3 nitrogen and oxygen atoms in total. The molecule has 1 aliphatic carbocycles. The molecule has 0 saturated carbocycles. The number of aromatic nitrogens is 1. The van der Waals surface area contributed by atoms with Gasteiger partial charge in [-0.05, 0) is 6.07 Å². The van der Waals surface area contributed by atoms with E-state index in [9.17, 15) is 5.11 Å². The first-order chi connectivity index (χ1) is 8.25. The Bertz CT molecular complexity index is 539. The quantitative estimate of drug-likeness (QED) is 0.777. The predicted octanol–water partition coefficient (Wildman–Crippen LogP) is 1.67. The van der Waals surface area contributed by atoms with Crippen LogP contribution in [0.15, 0.2) is 42.5 Å². The van der Waals surface area contributed by atoms with Crippen molar-refractivity contribution in [1.29, 1.82) is 0 Å². The van der Waals surface area contributed by atoms with E-state index in [2.05, 4.69) is 4.98 Å². The minimum atomic E-state index is -0.567. The van der Waals surface area contributed by atoms with Crippen molar-refractivity contribution in [3.05, 3.63) is 53.7 Å². The predicted molar refractivity (Wildman–Crippen MR) is 66.3 cm³/mol. The van der Waals surface area contributed by atoms with Gasteiger partial charge in [-0.15, -0.1) is 0 Å². The summed E-state index contributed by atoms with van der Waals surface area (Å²) in [6, 6.07) is 13.7. The van der Waals surface area contributed by atoms with Crippen LogP contribution in [0.2, 0.25) is 0 Å². The molecule has 0 radical (unpaired) electrons. The maximum absolute atomic E-state index is 9.85. The Morgan fingerprint density at radius 3 is 2.65 bits per heavy atom. The van der Waals surface area contributed by atoms with Gasteiger partial charge in [0.2, 0.25) is 0 Å². The zero-order valence-electron chi connectivity index (χ0n) is 9.38. The summed E-state index contributed by atoms with van der Waals surface area (Å²) in [5.41, 5.74) is 9.65. The van der Waals surface area contributed by atoms with Gasteiger partial charge in [-0.25, -0.2) is 0 Å². The summed E-state index contributed by atoms with van der Waals surface area (Å²) in [6.45, 7) is 0. The second-order valence-corrected chi connectivity index (χ2v) is 4.41. The molecule has 1 aliphatic rings. The minimum absolute atomic E-state index is 0.219. The Hall–Kier alpha value is -1.71. The van der Waals surface area contributed by atoms with Crippen LogP contribution in [0.25, 0.3) is 11.3 Å².